The molecule has 1 aromatic carbocycles. The molecule has 1 aliphatic heterocycles. The standard InChI is InChI=1S/C12H14O5/c13-9-6-16-10(11(9)14)7-17-12(15)8-4-2-1-3-5-8/h1-5,9-11,13-14H,6-7H2. The van der Waals surface area contributed by atoms with Gasteiger partial charge in [0.1, 0.15) is 24.9 Å². The molecule has 1 heterocycles. The Balaban J connectivity index is 1.85. The molecule has 1 aromatic rings. The maximum absolute atomic E-state index is 11.6. The summed E-state index contributed by atoms with van der Waals surface area (Å²) in [5, 5.41) is 18.7. The zero-order valence-corrected chi connectivity index (χ0v) is 9.15. The minimum absolute atomic E-state index is 0.0635. The zero-order chi connectivity index (χ0) is 12.3. The molecule has 92 valence electrons. The van der Waals surface area contributed by atoms with Gasteiger partial charge in [-0.25, -0.2) is 4.79 Å². The van der Waals surface area contributed by atoms with E-state index in [0.29, 0.717) is 5.56 Å². The second-order valence-electron chi connectivity index (χ2n) is 3.89. The van der Waals surface area contributed by atoms with Crippen molar-refractivity contribution in [1.29, 1.82) is 0 Å². The molecule has 0 aliphatic carbocycles. The molecule has 0 spiro atoms. The molecule has 0 aromatic heterocycles. The number of ether oxygens (including phenoxy) is 2. The number of carbonyl (C=O) groups excluding carboxylic acids is 1. The predicted molar refractivity (Wildman–Crippen MR) is 58.5 cm³/mol. The van der Waals surface area contributed by atoms with E-state index in [0.717, 1.165) is 0 Å². The number of hydrogen-bond acceptors (Lipinski definition) is 5. The first-order valence-corrected chi connectivity index (χ1v) is 5.38. The minimum Gasteiger partial charge on any atom is -0.459 e. The van der Waals surface area contributed by atoms with Gasteiger partial charge in [-0.05, 0) is 12.1 Å². The number of benzene rings is 1. The first-order chi connectivity index (χ1) is 8.18. The van der Waals surface area contributed by atoms with Crippen molar-refractivity contribution >= 4 is 5.97 Å². The Morgan fingerprint density at radius 3 is 2.65 bits per heavy atom. The van der Waals surface area contributed by atoms with Gasteiger partial charge in [0.25, 0.3) is 0 Å². The minimum atomic E-state index is -1.00. The summed E-state index contributed by atoms with van der Waals surface area (Å²) in [6, 6.07) is 8.56. The van der Waals surface area contributed by atoms with Crippen LogP contribution < -0.4 is 0 Å². The lowest BCUT2D eigenvalue weighted by Gasteiger charge is -2.14. The predicted octanol–water partition coefficient (Wildman–Crippen LogP) is -0.0360. The molecule has 1 aliphatic rings. The molecule has 1 fully saturated rings. The summed E-state index contributed by atoms with van der Waals surface area (Å²) in [6.45, 7) is 0.000670. The quantitative estimate of drug-likeness (QED) is 0.723. The summed E-state index contributed by atoms with van der Waals surface area (Å²) in [5.74, 6) is -0.470. The van der Waals surface area contributed by atoms with E-state index in [1.54, 1.807) is 30.3 Å². The number of carbonyl (C=O) groups is 1. The molecule has 0 saturated carbocycles. The van der Waals surface area contributed by atoms with Crippen molar-refractivity contribution in [3.8, 4) is 0 Å². The monoisotopic (exact) mass is 238 g/mol. The van der Waals surface area contributed by atoms with Gasteiger partial charge in [0, 0.05) is 0 Å². The molecule has 1 saturated heterocycles. The fraction of sp³-hybridized carbons (Fsp3) is 0.417. The topological polar surface area (TPSA) is 76.0 Å². The summed E-state index contributed by atoms with van der Waals surface area (Å²) in [5.41, 5.74) is 0.445. The summed E-state index contributed by atoms with van der Waals surface area (Å²) in [4.78, 5) is 11.6. The highest BCUT2D eigenvalue weighted by atomic mass is 16.6. The van der Waals surface area contributed by atoms with Crippen LogP contribution in [0.25, 0.3) is 0 Å². The van der Waals surface area contributed by atoms with Crippen LogP contribution in [0.5, 0.6) is 0 Å². The van der Waals surface area contributed by atoms with E-state index in [1.807, 2.05) is 0 Å². The van der Waals surface area contributed by atoms with Gasteiger partial charge in [0.15, 0.2) is 0 Å². The molecule has 2 rings (SSSR count). The maximum Gasteiger partial charge on any atom is 0.338 e. The van der Waals surface area contributed by atoms with E-state index in [2.05, 4.69) is 0 Å². The number of esters is 1. The summed E-state index contributed by atoms with van der Waals surface area (Å²) in [7, 11) is 0. The van der Waals surface area contributed by atoms with E-state index in [9.17, 15) is 15.0 Å². The Kier molecular flexibility index (Phi) is 3.73. The van der Waals surface area contributed by atoms with Gasteiger partial charge in [-0.3, -0.25) is 0 Å². The van der Waals surface area contributed by atoms with Crippen LogP contribution in [-0.2, 0) is 9.47 Å². The van der Waals surface area contributed by atoms with Crippen molar-refractivity contribution < 1.29 is 24.5 Å². The van der Waals surface area contributed by atoms with Crippen LogP contribution in [0.3, 0.4) is 0 Å². The van der Waals surface area contributed by atoms with Crippen molar-refractivity contribution in [3.05, 3.63) is 35.9 Å². The Morgan fingerprint density at radius 1 is 1.35 bits per heavy atom. The van der Waals surface area contributed by atoms with E-state index in [4.69, 9.17) is 9.47 Å². The van der Waals surface area contributed by atoms with Gasteiger partial charge in [-0.1, -0.05) is 18.2 Å². The van der Waals surface area contributed by atoms with Crippen LogP contribution in [0.4, 0.5) is 0 Å². The number of rotatable bonds is 3. The molecule has 0 bridgehead atoms. The third-order valence-corrected chi connectivity index (χ3v) is 2.64. The molecule has 2 N–H and O–H groups in total. The SMILES string of the molecule is O=C(OCC1OCC(O)C1O)c1ccccc1. The normalized spacial score (nSPS) is 28.0. The Morgan fingerprint density at radius 2 is 2.06 bits per heavy atom. The van der Waals surface area contributed by atoms with Gasteiger partial charge in [0.2, 0.25) is 0 Å². The molecular weight excluding hydrogens is 224 g/mol. The van der Waals surface area contributed by atoms with Gasteiger partial charge in [-0.2, -0.15) is 0 Å². The van der Waals surface area contributed by atoms with Gasteiger partial charge >= 0.3 is 5.97 Å². The summed E-state index contributed by atoms with van der Waals surface area (Å²) < 4.78 is 10.1. The third kappa shape index (κ3) is 2.82. The van der Waals surface area contributed by atoms with Crippen LogP contribution in [0.15, 0.2) is 30.3 Å². The van der Waals surface area contributed by atoms with E-state index in [1.165, 1.54) is 0 Å². The van der Waals surface area contributed by atoms with Crippen LogP contribution >= 0.6 is 0 Å². The van der Waals surface area contributed by atoms with Crippen molar-refractivity contribution in [2.75, 3.05) is 13.2 Å². The summed E-state index contributed by atoms with van der Waals surface area (Å²) in [6.07, 6.45) is -2.56. The van der Waals surface area contributed by atoms with Crippen molar-refractivity contribution in [1.82, 2.24) is 0 Å². The fourth-order valence-electron chi connectivity index (χ4n) is 1.63. The van der Waals surface area contributed by atoms with Crippen LogP contribution in [0.2, 0.25) is 0 Å². The lowest BCUT2D eigenvalue weighted by Crippen LogP contribution is -2.33. The molecule has 0 radical (unpaired) electrons. The highest BCUT2D eigenvalue weighted by Gasteiger charge is 2.35. The zero-order valence-electron chi connectivity index (χ0n) is 9.15. The Bertz CT molecular complexity index is 378. The molecule has 5 heteroatoms. The smallest absolute Gasteiger partial charge is 0.338 e. The highest BCUT2D eigenvalue weighted by Crippen LogP contribution is 2.15. The first-order valence-electron chi connectivity index (χ1n) is 5.38. The maximum atomic E-state index is 11.6. The molecule has 0 amide bonds. The highest BCUT2D eigenvalue weighted by molar-refractivity contribution is 5.89. The molecule has 5 nitrogen and oxygen atoms in total. The molecular formula is C12H14O5. The Labute approximate surface area is 98.6 Å². The second-order valence-corrected chi connectivity index (χ2v) is 3.89. The van der Waals surface area contributed by atoms with Crippen molar-refractivity contribution in [2.45, 2.75) is 18.3 Å². The number of aliphatic hydroxyl groups excluding tert-OH is 2. The average molecular weight is 238 g/mol. The first kappa shape index (κ1) is 12.0. The van der Waals surface area contributed by atoms with Crippen molar-refractivity contribution in [2.24, 2.45) is 0 Å². The lowest BCUT2D eigenvalue weighted by molar-refractivity contribution is -0.0204. The summed E-state index contributed by atoms with van der Waals surface area (Å²) >= 11 is 0. The van der Waals surface area contributed by atoms with E-state index in [-0.39, 0.29) is 13.2 Å². The largest absolute Gasteiger partial charge is 0.459 e. The molecule has 3 atom stereocenters. The van der Waals surface area contributed by atoms with Crippen LogP contribution in [0, 0.1) is 0 Å². The Hall–Kier alpha value is -1.43. The van der Waals surface area contributed by atoms with Gasteiger partial charge in [0.05, 0.1) is 12.2 Å². The molecule has 3 unspecified atom stereocenters. The van der Waals surface area contributed by atoms with Crippen LogP contribution in [0.1, 0.15) is 10.4 Å². The van der Waals surface area contributed by atoms with Crippen LogP contribution in [-0.4, -0.2) is 47.7 Å². The van der Waals surface area contributed by atoms with Gasteiger partial charge in [-0.15, -0.1) is 0 Å². The van der Waals surface area contributed by atoms with E-state index >= 15 is 0 Å². The van der Waals surface area contributed by atoms with Crippen molar-refractivity contribution in [3.63, 3.8) is 0 Å². The fourth-order valence-corrected chi connectivity index (χ4v) is 1.63. The average Bonchev–Trinajstić information content (AvgIpc) is 2.68. The van der Waals surface area contributed by atoms with Gasteiger partial charge < -0.3 is 19.7 Å². The third-order valence-electron chi connectivity index (χ3n) is 2.64. The van der Waals surface area contributed by atoms with E-state index < -0.39 is 24.3 Å². The lowest BCUT2D eigenvalue weighted by atomic mass is 10.1. The molecule has 17 heavy (non-hydrogen) atoms. The number of hydrogen-bond donors (Lipinski definition) is 2. The number of aliphatic hydroxyl groups is 2. The second kappa shape index (κ2) is 5.27.